The Bertz CT molecular complexity index is 1530. The van der Waals surface area contributed by atoms with Gasteiger partial charge in [-0.2, -0.15) is 5.10 Å². The van der Waals surface area contributed by atoms with Gasteiger partial charge in [-0.3, -0.25) is 19.1 Å². The van der Waals surface area contributed by atoms with Crippen LogP contribution in [-0.2, 0) is 16.1 Å². The fourth-order valence-corrected chi connectivity index (χ4v) is 4.51. The normalized spacial score (nSPS) is 12.9. The molecular weight excluding hydrogens is 473 g/mol. The third-order valence-electron chi connectivity index (χ3n) is 6.51. The van der Waals surface area contributed by atoms with Crippen molar-refractivity contribution < 1.29 is 18.8 Å². The Morgan fingerprint density at radius 2 is 1.73 bits per heavy atom. The zero-order chi connectivity index (χ0) is 26.1. The Morgan fingerprint density at radius 1 is 1.03 bits per heavy atom. The summed E-state index contributed by atoms with van der Waals surface area (Å²) in [7, 11) is 0. The first kappa shape index (κ1) is 24.2. The van der Waals surface area contributed by atoms with Gasteiger partial charge < -0.3 is 16.0 Å². The zero-order valence-corrected chi connectivity index (χ0v) is 20.3. The van der Waals surface area contributed by atoms with E-state index in [9.17, 15) is 14.4 Å². The molecule has 0 spiro atoms. The predicted octanol–water partition coefficient (Wildman–Crippen LogP) is 3.88. The number of rotatable bonds is 8. The number of aromatic nitrogens is 2. The molecule has 1 aliphatic rings. The summed E-state index contributed by atoms with van der Waals surface area (Å²) in [5.74, 6) is -2.03. The average molecular weight is 500 g/mol. The van der Waals surface area contributed by atoms with Crippen LogP contribution in [-0.4, -0.2) is 45.0 Å². The van der Waals surface area contributed by atoms with Crippen molar-refractivity contribution in [2.45, 2.75) is 32.4 Å². The number of hydrogen-bond donors (Lipinski definition) is 2. The number of carbonyl (C=O) groups is 3. The molecule has 3 N–H and O–H groups in total. The van der Waals surface area contributed by atoms with Crippen molar-refractivity contribution in [3.8, 4) is 11.1 Å². The molecule has 1 aromatic heterocycles. The van der Waals surface area contributed by atoms with E-state index in [0.29, 0.717) is 16.5 Å². The van der Waals surface area contributed by atoms with Crippen molar-refractivity contribution in [3.63, 3.8) is 0 Å². The minimum Gasteiger partial charge on any atom is -0.364 e. The van der Waals surface area contributed by atoms with E-state index in [-0.39, 0.29) is 36.4 Å². The molecule has 9 heteroatoms. The summed E-state index contributed by atoms with van der Waals surface area (Å²) in [6, 6.07) is 19.2. The van der Waals surface area contributed by atoms with E-state index in [1.807, 2.05) is 31.2 Å². The van der Waals surface area contributed by atoms with Crippen molar-refractivity contribution in [2.75, 3.05) is 11.9 Å². The number of nitrogens with zero attached hydrogens (tertiary/aromatic N) is 3. The van der Waals surface area contributed by atoms with Crippen LogP contribution in [0.5, 0.6) is 0 Å². The highest BCUT2D eigenvalue weighted by Crippen LogP contribution is 2.31. The van der Waals surface area contributed by atoms with Gasteiger partial charge in [0.05, 0.1) is 11.2 Å². The topological polar surface area (TPSA) is 110 Å². The average Bonchev–Trinajstić information content (AvgIpc) is 3.66. The molecule has 188 valence electrons. The molecule has 1 aliphatic carbocycles. The number of nitrogens with two attached hydrogens (primary N) is 1. The summed E-state index contributed by atoms with van der Waals surface area (Å²) in [5.41, 5.74) is 8.24. The highest BCUT2D eigenvalue weighted by atomic mass is 19.1. The van der Waals surface area contributed by atoms with E-state index in [1.165, 1.54) is 15.6 Å². The Morgan fingerprint density at radius 3 is 2.46 bits per heavy atom. The van der Waals surface area contributed by atoms with Gasteiger partial charge in [-0.15, -0.1) is 0 Å². The maximum atomic E-state index is 15.3. The predicted molar refractivity (Wildman–Crippen MR) is 138 cm³/mol. The lowest BCUT2D eigenvalue weighted by Crippen LogP contribution is -2.41. The van der Waals surface area contributed by atoms with E-state index in [4.69, 9.17) is 5.73 Å². The summed E-state index contributed by atoms with van der Waals surface area (Å²) in [6.07, 6.45) is 1.56. The quantitative estimate of drug-likeness (QED) is 0.383. The van der Waals surface area contributed by atoms with E-state index in [0.717, 1.165) is 24.0 Å². The van der Waals surface area contributed by atoms with E-state index in [1.54, 1.807) is 36.4 Å². The van der Waals surface area contributed by atoms with Gasteiger partial charge in [-0.25, -0.2) is 4.39 Å². The molecule has 0 atom stereocenters. The van der Waals surface area contributed by atoms with Crippen molar-refractivity contribution in [1.29, 1.82) is 0 Å². The lowest BCUT2D eigenvalue weighted by Gasteiger charge is -2.22. The Labute approximate surface area is 212 Å². The number of amides is 3. The largest absolute Gasteiger partial charge is 0.364 e. The molecule has 3 amide bonds. The van der Waals surface area contributed by atoms with E-state index < -0.39 is 17.6 Å². The molecule has 8 nitrogen and oxygen atoms in total. The maximum Gasteiger partial charge on any atom is 0.269 e. The second-order valence-electron chi connectivity index (χ2n) is 9.17. The fourth-order valence-electron chi connectivity index (χ4n) is 4.51. The Balaban J connectivity index is 1.33. The van der Waals surface area contributed by atoms with Crippen LogP contribution in [0.25, 0.3) is 22.0 Å². The highest BCUT2D eigenvalue weighted by Gasteiger charge is 2.34. The number of primary amides is 1. The summed E-state index contributed by atoms with van der Waals surface area (Å²) in [4.78, 5) is 39.5. The number of hydrogen-bond acceptors (Lipinski definition) is 4. The van der Waals surface area contributed by atoms with Gasteiger partial charge in [-0.05, 0) is 43.0 Å². The SMILES string of the molecule is Cc1ccccc1-c1cccc(NC(=O)CN(C(=O)Cn2nc(C(N)=O)c3ccccc32)C2CC2)c1F. The van der Waals surface area contributed by atoms with Gasteiger partial charge in [0.2, 0.25) is 11.8 Å². The Hall–Kier alpha value is -4.53. The van der Waals surface area contributed by atoms with Gasteiger partial charge >= 0.3 is 0 Å². The van der Waals surface area contributed by atoms with Crippen LogP contribution in [0.4, 0.5) is 10.1 Å². The zero-order valence-electron chi connectivity index (χ0n) is 20.3. The summed E-state index contributed by atoms with van der Waals surface area (Å²) >= 11 is 0. The number of halogens is 1. The van der Waals surface area contributed by atoms with Crippen LogP contribution < -0.4 is 11.1 Å². The fraction of sp³-hybridized carbons (Fsp3) is 0.214. The van der Waals surface area contributed by atoms with Gasteiger partial charge in [-0.1, -0.05) is 54.6 Å². The maximum absolute atomic E-state index is 15.3. The molecule has 1 heterocycles. The lowest BCUT2D eigenvalue weighted by molar-refractivity contribution is -0.135. The third kappa shape index (κ3) is 4.93. The molecule has 3 aromatic carbocycles. The van der Waals surface area contributed by atoms with Crippen LogP contribution in [0.2, 0.25) is 0 Å². The van der Waals surface area contributed by atoms with Crippen molar-refractivity contribution in [3.05, 3.63) is 83.8 Å². The summed E-state index contributed by atoms with van der Waals surface area (Å²) in [5, 5.41) is 7.43. The second kappa shape index (κ2) is 9.85. The molecule has 1 fully saturated rings. The molecular formula is C28H26FN5O3. The van der Waals surface area contributed by atoms with Crippen molar-refractivity contribution in [2.24, 2.45) is 5.73 Å². The molecule has 0 bridgehead atoms. The second-order valence-corrected chi connectivity index (χ2v) is 9.17. The molecule has 4 aromatic rings. The van der Waals surface area contributed by atoms with Crippen LogP contribution in [0.15, 0.2) is 66.7 Å². The number of aryl methyl sites for hydroxylation is 1. The number of carbonyl (C=O) groups excluding carboxylic acids is 3. The van der Waals surface area contributed by atoms with Crippen molar-refractivity contribution >= 4 is 34.3 Å². The number of nitrogens with one attached hydrogen (secondary N) is 1. The van der Waals surface area contributed by atoms with Gasteiger partial charge in [0.15, 0.2) is 11.5 Å². The van der Waals surface area contributed by atoms with Crippen LogP contribution in [0.1, 0.15) is 28.9 Å². The van der Waals surface area contributed by atoms with Gasteiger partial charge in [0.25, 0.3) is 5.91 Å². The molecule has 1 saturated carbocycles. The van der Waals surface area contributed by atoms with Crippen LogP contribution >= 0.6 is 0 Å². The minimum atomic E-state index is -0.684. The summed E-state index contributed by atoms with van der Waals surface area (Å²) in [6.45, 7) is 1.52. The van der Waals surface area contributed by atoms with E-state index in [2.05, 4.69) is 10.4 Å². The monoisotopic (exact) mass is 499 g/mol. The molecule has 0 radical (unpaired) electrons. The first-order valence-corrected chi connectivity index (χ1v) is 12.0. The molecule has 0 aliphatic heterocycles. The summed E-state index contributed by atoms with van der Waals surface area (Å²) < 4.78 is 16.8. The first-order chi connectivity index (χ1) is 17.8. The van der Waals surface area contributed by atoms with Gasteiger partial charge in [0, 0.05) is 17.0 Å². The third-order valence-corrected chi connectivity index (χ3v) is 6.51. The number of fused-ring (bicyclic) bond motifs is 1. The van der Waals surface area contributed by atoms with Crippen molar-refractivity contribution in [1.82, 2.24) is 14.7 Å². The first-order valence-electron chi connectivity index (χ1n) is 12.0. The number of benzene rings is 3. The smallest absolute Gasteiger partial charge is 0.269 e. The van der Waals surface area contributed by atoms with Crippen LogP contribution in [0.3, 0.4) is 0 Å². The number of para-hydroxylation sites is 1. The Kier molecular flexibility index (Phi) is 6.43. The van der Waals surface area contributed by atoms with E-state index >= 15 is 4.39 Å². The number of anilines is 1. The van der Waals surface area contributed by atoms with Crippen LogP contribution in [0, 0.1) is 12.7 Å². The standard InChI is InChI=1S/C28H26FN5O3/c1-17-7-2-3-8-19(17)20-10-6-11-22(26(20)29)31-24(35)15-33(18-13-14-18)25(36)16-34-23-12-5-4-9-21(23)27(32-34)28(30)37/h2-12,18H,13-16H2,1H3,(H2,30,37)(H,31,35). The molecule has 5 rings (SSSR count). The lowest BCUT2D eigenvalue weighted by atomic mass is 9.99. The molecule has 0 saturated heterocycles. The minimum absolute atomic E-state index is 0.0538. The highest BCUT2D eigenvalue weighted by molar-refractivity contribution is 6.04. The molecule has 37 heavy (non-hydrogen) atoms. The van der Waals surface area contributed by atoms with Gasteiger partial charge in [0.1, 0.15) is 13.1 Å². The molecule has 0 unspecified atom stereocenters.